The van der Waals surface area contributed by atoms with Crippen LogP contribution in [0.1, 0.15) is 25.5 Å². The molecular formula is C15H18N4OS. The number of rotatable bonds is 3. The molecule has 0 radical (unpaired) electrons. The maximum atomic E-state index is 11.5. The van der Waals surface area contributed by atoms with Crippen LogP contribution in [0.25, 0.3) is 10.6 Å². The molecule has 2 aromatic rings. The molecule has 0 N–H and O–H groups in total. The summed E-state index contributed by atoms with van der Waals surface area (Å²) in [6.07, 6.45) is 8.38. The van der Waals surface area contributed by atoms with Gasteiger partial charge in [-0.1, -0.05) is 0 Å². The Morgan fingerprint density at radius 3 is 3.05 bits per heavy atom. The predicted molar refractivity (Wildman–Crippen MR) is 81.8 cm³/mol. The number of hydrogen-bond acceptors (Lipinski definition) is 5. The smallest absolute Gasteiger partial charge is 0.219 e. The number of thiazole rings is 1. The third-order valence-electron chi connectivity index (χ3n) is 3.89. The molecule has 110 valence electrons. The predicted octanol–water partition coefficient (Wildman–Crippen LogP) is 2.40. The fourth-order valence-corrected chi connectivity index (χ4v) is 3.49. The van der Waals surface area contributed by atoms with Crippen molar-refractivity contribution in [3.8, 4) is 10.6 Å². The van der Waals surface area contributed by atoms with Crippen molar-refractivity contribution in [1.29, 1.82) is 0 Å². The van der Waals surface area contributed by atoms with Crippen LogP contribution in [0.4, 0.5) is 0 Å². The molecule has 21 heavy (non-hydrogen) atoms. The van der Waals surface area contributed by atoms with E-state index in [2.05, 4.69) is 15.0 Å². The van der Waals surface area contributed by atoms with Gasteiger partial charge in [-0.15, -0.1) is 11.3 Å². The Hall–Kier alpha value is -1.82. The van der Waals surface area contributed by atoms with Gasteiger partial charge in [0.25, 0.3) is 0 Å². The van der Waals surface area contributed by atoms with Crippen LogP contribution in [0.5, 0.6) is 0 Å². The van der Waals surface area contributed by atoms with E-state index in [0.29, 0.717) is 5.92 Å². The van der Waals surface area contributed by atoms with Gasteiger partial charge in [-0.3, -0.25) is 19.7 Å². The number of likely N-dealkylation sites (tertiary alicyclic amines) is 1. The molecule has 0 saturated carbocycles. The lowest BCUT2D eigenvalue weighted by atomic mass is 9.92. The van der Waals surface area contributed by atoms with Crippen LogP contribution in [0.3, 0.4) is 0 Å². The zero-order valence-corrected chi connectivity index (χ0v) is 12.8. The van der Waals surface area contributed by atoms with E-state index in [0.717, 1.165) is 48.6 Å². The highest BCUT2D eigenvalue weighted by Gasteiger charge is 2.23. The normalized spacial score (nSPS) is 18.7. The van der Waals surface area contributed by atoms with Crippen molar-refractivity contribution in [2.45, 2.75) is 26.2 Å². The van der Waals surface area contributed by atoms with Crippen LogP contribution in [0.15, 0.2) is 24.1 Å². The monoisotopic (exact) mass is 302 g/mol. The van der Waals surface area contributed by atoms with E-state index in [1.54, 1.807) is 30.7 Å². The van der Waals surface area contributed by atoms with Crippen molar-refractivity contribution < 1.29 is 4.79 Å². The average molecular weight is 302 g/mol. The SMILES string of the molecule is CC(=O)N1CCCC(Cc2nccnc2-c2cncs2)C1. The van der Waals surface area contributed by atoms with Crippen LogP contribution >= 0.6 is 11.3 Å². The van der Waals surface area contributed by atoms with Crippen LogP contribution < -0.4 is 0 Å². The quantitative estimate of drug-likeness (QED) is 0.873. The molecule has 0 aliphatic carbocycles. The third-order valence-corrected chi connectivity index (χ3v) is 4.67. The molecule has 6 heteroatoms. The molecule has 3 rings (SSSR count). The molecule has 1 fully saturated rings. The second-order valence-electron chi connectivity index (χ2n) is 5.39. The summed E-state index contributed by atoms with van der Waals surface area (Å²) >= 11 is 1.58. The first-order valence-electron chi connectivity index (χ1n) is 7.18. The average Bonchev–Trinajstić information content (AvgIpc) is 3.02. The van der Waals surface area contributed by atoms with E-state index in [9.17, 15) is 4.79 Å². The molecular weight excluding hydrogens is 284 g/mol. The lowest BCUT2D eigenvalue weighted by molar-refractivity contribution is -0.130. The molecule has 0 aromatic carbocycles. The number of aromatic nitrogens is 3. The van der Waals surface area contributed by atoms with E-state index in [1.165, 1.54) is 0 Å². The summed E-state index contributed by atoms with van der Waals surface area (Å²) in [5.74, 6) is 0.632. The number of piperidine rings is 1. The Morgan fingerprint density at radius 1 is 1.43 bits per heavy atom. The summed E-state index contributed by atoms with van der Waals surface area (Å²) < 4.78 is 0. The van der Waals surface area contributed by atoms with Crippen LogP contribution in [0.2, 0.25) is 0 Å². The fraction of sp³-hybridized carbons (Fsp3) is 0.467. The Bertz CT molecular complexity index is 614. The maximum Gasteiger partial charge on any atom is 0.219 e. The van der Waals surface area contributed by atoms with Crippen molar-refractivity contribution in [3.63, 3.8) is 0 Å². The highest BCUT2D eigenvalue weighted by molar-refractivity contribution is 7.13. The van der Waals surface area contributed by atoms with Gasteiger partial charge in [-0.05, 0) is 25.2 Å². The van der Waals surface area contributed by atoms with Gasteiger partial charge in [-0.2, -0.15) is 0 Å². The second kappa shape index (κ2) is 6.30. The van der Waals surface area contributed by atoms with Gasteiger partial charge in [0.15, 0.2) is 0 Å². The highest BCUT2D eigenvalue weighted by atomic mass is 32.1. The molecule has 0 spiro atoms. The Labute approximate surface area is 128 Å². The number of hydrogen-bond donors (Lipinski definition) is 0. The third kappa shape index (κ3) is 3.26. The van der Waals surface area contributed by atoms with Crippen molar-refractivity contribution >= 4 is 17.2 Å². The van der Waals surface area contributed by atoms with Crippen molar-refractivity contribution in [2.75, 3.05) is 13.1 Å². The number of carbonyl (C=O) groups is 1. The van der Waals surface area contributed by atoms with E-state index in [1.807, 2.05) is 16.6 Å². The molecule has 1 amide bonds. The van der Waals surface area contributed by atoms with Crippen molar-refractivity contribution in [1.82, 2.24) is 19.9 Å². The van der Waals surface area contributed by atoms with Gasteiger partial charge < -0.3 is 4.90 Å². The highest BCUT2D eigenvalue weighted by Crippen LogP contribution is 2.27. The lowest BCUT2D eigenvalue weighted by Crippen LogP contribution is -2.39. The molecule has 3 heterocycles. The van der Waals surface area contributed by atoms with Crippen molar-refractivity contribution in [2.24, 2.45) is 5.92 Å². The maximum absolute atomic E-state index is 11.5. The summed E-state index contributed by atoms with van der Waals surface area (Å²) in [4.78, 5) is 27.6. The first-order valence-corrected chi connectivity index (χ1v) is 8.06. The second-order valence-corrected chi connectivity index (χ2v) is 6.28. The van der Waals surface area contributed by atoms with Gasteiger partial charge in [0.1, 0.15) is 5.69 Å². The Kier molecular flexibility index (Phi) is 4.24. The van der Waals surface area contributed by atoms with Gasteiger partial charge >= 0.3 is 0 Å². The number of nitrogens with zero attached hydrogens (tertiary/aromatic N) is 4. The van der Waals surface area contributed by atoms with Crippen LogP contribution in [-0.4, -0.2) is 38.8 Å². The molecule has 1 aliphatic rings. The van der Waals surface area contributed by atoms with Gasteiger partial charge in [0.05, 0.1) is 16.1 Å². The zero-order valence-electron chi connectivity index (χ0n) is 12.0. The van der Waals surface area contributed by atoms with Crippen LogP contribution in [0, 0.1) is 5.92 Å². The minimum atomic E-state index is 0.168. The van der Waals surface area contributed by atoms with E-state index >= 15 is 0 Å². The minimum Gasteiger partial charge on any atom is -0.343 e. The Balaban J connectivity index is 1.77. The summed E-state index contributed by atoms with van der Waals surface area (Å²) in [6, 6.07) is 0. The first-order chi connectivity index (χ1) is 10.2. The molecule has 1 aliphatic heterocycles. The fourth-order valence-electron chi connectivity index (χ4n) is 2.85. The number of carbonyl (C=O) groups excluding carboxylic acids is 1. The summed E-state index contributed by atoms with van der Waals surface area (Å²) in [5.41, 5.74) is 3.75. The lowest BCUT2D eigenvalue weighted by Gasteiger charge is -2.32. The van der Waals surface area contributed by atoms with Crippen molar-refractivity contribution in [3.05, 3.63) is 29.8 Å². The molecule has 1 unspecified atom stereocenters. The van der Waals surface area contributed by atoms with Gasteiger partial charge in [0, 0.05) is 38.6 Å². The minimum absolute atomic E-state index is 0.168. The summed E-state index contributed by atoms with van der Waals surface area (Å²) in [5, 5.41) is 0. The molecule has 2 aromatic heterocycles. The molecule has 0 bridgehead atoms. The zero-order chi connectivity index (χ0) is 14.7. The Morgan fingerprint density at radius 2 is 2.29 bits per heavy atom. The summed E-state index contributed by atoms with van der Waals surface area (Å²) in [7, 11) is 0. The largest absolute Gasteiger partial charge is 0.343 e. The van der Waals surface area contributed by atoms with E-state index in [-0.39, 0.29) is 5.91 Å². The first kappa shape index (κ1) is 14.1. The topological polar surface area (TPSA) is 59.0 Å². The van der Waals surface area contributed by atoms with E-state index in [4.69, 9.17) is 0 Å². The molecule has 1 atom stereocenters. The van der Waals surface area contributed by atoms with Gasteiger partial charge in [0.2, 0.25) is 5.91 Å². The molecule has 5 nitrogen and oxygen atoms in total. The molecule has 1 saturated heterocycles. The summed E-state index contributed by atoms with van der Waals surface area (Å²) in [6.45, 7) is 3.36. The van der Waals surface area contributed by atoms with Gasteiger partial charge in [-0.25, -0.2) is 0 Å². The van der Waals surface area contributed by atoms with Crippen LogP contribution in [-0.2, 0) is 11.2 Å². The number of amides is 1. The standard InChI is InChI=1S/C15H18N4OS/c1-11(20)19-6-2-3-12(9-19)7-13-15(18-5-4-17-13)14-8-16-10-21-14/h4-5,8,10,12H,2-3,6-7,9H2,1H3. The van der Waals surface area contributed by atoms with E-state index < -0.39 is 0 Å².